The summed E-state index contributed by atoms with van der Waals surface area (Å²) in [6.07, 6.45) is 13.3. The van der Waals surface area contributed by atoms with Gasteiger partial charge in [-0.15, -0.1) is 0 Å². The highest BCUT2D eigenvalue weighted by Gasteiger charge is 2.17. The summed E-state index contributed by atoms with van der Waals surface area (Å²) in [5.41, 5.74) is 5.78. The van der Waals surface area contributed by atoms with Crippen LogP contribution in [-0.4, -0.2) is 16.2 Å². The number of aromatic nitrogens is 2. The van der Waals surface area contributed by atoms with E-state index in [4.69, 9.17) is 4.74 Å². The summed E-state index contributed by atoms with van der Waals surface area (Å²) in [5.74, 6) is 2.18. The Balaban J connectivity index is 1.91. The van der Waals surface area contributed by atoms with E-state index in [1.54, 1.807) is 0 Å². The minimum Gasteiger partial charge on any atom is -0.493 e. The summed E-state index contributed by atoms with van der Waals surface area (Å²) < 4.78 is 8.23. The van der Waals surface area contributed by atoms with Crippen molar-refractivity contribution in [2.75, 3.05) is 6.61 Å². The standard InChI is InChI=1S/C22H30N2O/c1-4-14-25-22-11-10-19(20-8-6-7-9-21(20)22)15-18(5-2)16-24-13-12-23-17(24)3/h10-13,15H,4-9,14,16H2,1-3H3/b18-15+. The number of nitrogens with zero attached hydrogens (tertiary/aromatic N) is 2. The molecule has 2 aromatic rings. The largest absolute Gasteiger partial charge is 0.493 e. The SMILES string of the molecule is CCCOc1ccc(/C=C(\CC)Cn2ccnc2C)c2c1CCCC2. The first-order chi connectivity index (χ1) is 12.2. The van der Waals surface area contributed by atoms with Crippen LogP contribution in [0.2, 0.25) is 0 Å². The summed E-state index contributed by atoms with van der Waals surface area (Å²) >= 11 is 0. The first-order valence-electron chi connectivity index (χ1n) is 9.67. The van der Waals surface area contributed by atoms with Gasteiger partial charge in [0.1, 0.15) is 11.6 Å². The van der Waals surface area contributed by atoms with Crippen LogP contribution in [0.25, 0.3) is 6.08 Å². The first-order valence-corrected chi connectivity index (χ1v) is 9.67. The highest BCUT2D eigenvalue weighted by atomic mass is 16.5. The van der Waals surface area contributed by atoms with Gasteiger partial charge in [0.2, 0.25) is 0 Å². The van der Waals surface area contributed by atoms with Crippen LogP contribution in [0.3, 0.4) is 0 Å². The number of hydrogen-bond donors (Lipinski definition) is 0. The van der Waals surface area contributed by atoms with E-state index in [1.807, 2.05) is 6.20 Å². The Hall–Kier alpha value is -2.03. The summed E-state index contributed by atoms with van der Waals surface area (Å²) in [6.45, 7) is 8.19. The number of imidazole rings is 1. The van der Waals surface area contributed by atoms with E-state index in [-0.39, 0.29) is 0 Å². The third kappa shape index (κ3) is 4.15. The average Bonchev–Trinajstić information content (AvgIpc) is 3.05. The number of benzene rings is 1. The zero-order valence-corrected chi connectivity index (χ0v) is 15.8. The van der Waals surface area contributed by atoms with Gasteiger partial charge < -0.3 is 9.30 Å². The zero-order valence-electron chi connectivity index (χ0n) is 15.8. The van der Waals surface area contributed by atoms with Crippen molar-refractivity contribution in [3.8, 4) is 5.75 Å². The number of ether oxygens (including phenoxy) is 1. The van der Waals surface area contributed by atoms with Crippen molar-refractivity contribution in [2.24, 2.45) is 0 Å². The molecule has 134 valence electrons. The van der Waals surface area contributed by atoms with Crippen LogP contribution in [0.5, 0.6) is 5.75 Å². The molecule has 1 aliphatic rings. The molecule has 0 bridgehead atoms. The molecule has 1 heterocycles. The molecule has 3 nitrogen and oxygen atoms in total. The van der Waals surface area contributed by atoms with Crippen molar-refractivity contribution in [3.05, 3.63) is 52.6 Å². The molecule has 3 heteroatoms. The van der Waals surface area contributed by atoms with Gasteiger partial charge in [-0.05, 0) is 68.2 Å². The smallest absolute Gasteiger partial charge is 0.122 e. The Kier molecular flexibility index (Phi) is 5.95. The number of aryl methyl sites for hydroxylation is 1. The highest BCUT2D eigenvalue weighted by Crippen LogP contribution is 2.33. The molecule has 0 N–H and O–H groups in total. The second-order valence-corrected chi connectivity index (χ2v) is 6.92. The fourth-order valence-corrected chi connectivity index (χ4v) is 3.61. The van der Waals surface area contributed by atoms with E-state index in [9.17, 15) is 0 Å². The predicted octanol–water partition coefficient (Wildman–Crippen LogP) is 5.35. The quantitative estimate of drug-likeness (QED) is 0.680. The van der Waals surface area contributed by atoms with Crippen LogP contribution < -0.4 is 4.74 Å². The Morgan fingerprint density at radius 3 is 2.68 bits per heavy atom. The molecule has 1 aliphatic carbocycles. The second-order valence-electron chi connectivity index (χ2n) is 6.92. The number of rotatable bonds is 7. The van der Waals surface area contributed by atoms with Gasteiger partial charge in [-0.25, -0.2) is 4.98 Å². The lowest BCUT2D eigenvalue weighted by atomic mass is 9.86. The topological polar surface area (TPSA) is 27.1 Å². The monoisotopic (exact) mass is 338 g/mol. The number of hydrogen-bond acceptors (Lipinski definition) is 2. The number of fused-ring (bicyclic) bond motifs is 1. The summed E-state index contributed by atoms with van der Waals surface area (Å²) in [6, 6.07) is 4.44. The molecule has 0 fully saturated rings. The molecule has 0 radical (unpaired) electrons. The van der Waals surface area contributed by atoms with Crippen LogP contribution >= 0.6 is 0 Å². The minimum absolute atomic E-state index is 0.807. The molecule has 0 atom stereocenters. The van der Waals surface area contributed by atoms with E-state index in [1.165, 1.54) is 41.5 Å². The molecule has 0 saturated carbocycles. The van der Waals surface area contributed by atoms with Crippen molar-refractivity contribution < 1.29 is 4.74 Å². The molecule has 3 rings (SSSR count). The molecule has 0 saturated heterocycles. The maximum Gasteiger partial charge on any atom is 0.122 e. The van der Waals surface area contributed by atoms with E-state index < -0.39 is 0 Å². The Morgan fingerprint density at radius 1 is 1.20 bits per heavy atom. The fraction of sp³-hybridized carbons (Fsp3) is 0.500. The molecule has 25 heavy (non-hydrogen) atoms. The van der Waals surface area contributed by atoms with Crippen LogP contribution in [0.15, 0.2) is 30.1 Å². The molecular formula is C22H30N2O. The van der Waals surface area contributed by atoms with Crippen LogP contribution in [-0.2, 0) is 19.4 Å². The molecular weight excluding hydrogens is 308 g/mol. The van der Waals surface area contributed by atoms with Gasteiger partial charge in [-0.3, -0.25) is 0 Å². The summed E-state index contributed by atoms with van der Waals surface area (Å²) in [7, 11) is 0. The van der Waals surface area contributed by atoms with Crippen molar-refractivity contribution in [1.29, 1.82) is 0 Å². The molecule has 0 aliphatic heterocycles. The second kappa shape index (κ2) is 8.37. The van der Waals surface area contributed by atoms with Crippen molar-refractivity contribution in [1.82, 2.24) is 9.55 Å². The van der Waals surface area contributed by atoms with Gasteiger partial charge in [0.15, 0.2) is 0 Å². The zero-order chi connectivity index (χ0) is 17.6. The summed E-state index contributed by atoms with van der Waals surface area (Å²) in [4.78, 5) is 4.34. The average molecular weight is 338 g/mol. The molecule has 0 spiro atoms. The third-order valence-corrected chi connectivity index (χ3v) is 5.10. The highest BCUT2D eigenvalue weighted by molar-refractivity contribution is 5.62. The van der Waals surface area contributed by atoms with Gasteiger partial charge in [0.25, 0.3) is 0 Å². The Morgan fingerprint density at radius 2 is 2.00 bits per heavy atom. The summed E-state index contributed by atoms with van der Waals surface area (Å²) in [5, 5.41) is 0. The van der Waals surface area contributed by atoms with Crippen molar-refractivity contribution in [2.45, 2.75) is 65.8 Å². The fourth-order valence-electron chi connectivity index (χ4n) is 3.61. The lowest BCUT2D eigenvalue weighted by molar-refractivity contribution is 0.312. The maximum absolute atomic E-state index is 6.01. The molecule has 0 unspecified atom stereocenters. The molecule has 1 aromatic heterocycles. The van der Waals surface area contributed by atoms with Crippen LogP contribution in [0, 0.1) is 6.92 Å². The van der Waals surface area contributed by atoms with Crippen molar-refractivity contribution >= 4 is 6.08 Å². The third-order valence-electron chi connectivity index (χ3n) is 5.10. The van der Waals surface area contributed by atoms with Gasteiger partial charge in [-0.2, -0.15) is 0 Å². The lowest BCUT2D eigenvalue weighted by Gasteiger charge is -2.22. The Bertz CT molecular complexity index is 742. The lowest BCUT2D eigenvalue weighted by Crippen LogP contribution is -2.09. The van der Waals surface area contributed by atoms with E-state index in [0.717, 1.165) is 44.0 Å². The van der Waals surface area contributed by atoms with Crippen LogP contribution in [0.4, 0.5) is 0 Å². The minimum atomic E-state index is 0.807. The van der Waals surface area contributed by atoms with E-state index in [0.29, 0.717) is 0 Å². The van der Waals surface area contributed by atoms with Crippen LogP contribution in [0.1, 0.15) is 62.0 Å². The first kappa shape index (κ1) is 17.8. The van der Waals surface area contributed by atoms with Gasteiger partial charge in [0.05, 0.1) is 6.61 Å². The van der Waals surface area contributed by atoms with Gasteiger partial charge in [-0.1, -0.05) is 31.6 Å². The molecule has 0 amide bonds. The van der Waals surface area contributed by atoms with Crippen molar-refractivity contribution in [3.63, 3.8) is 0 Å². The Labute approximate surface area is 151 Å². The van der Waals surface area contributed by atoms with Gasteiger partial charge in [0, 0.05) is 18.9 Å². The van der Waals surface area contributed by atoms with Gasteiger partial charge >= 0.3 is 0 Å². The molecule has 1 aromatic carbocycles. The number of allylic oxidation sites excluding steroid dienone is 1. The van der Waals surface area contributed by atoms with E-state index in [2.05, 4.69) is 54.7 Å². The maximum atomic E-state index is 6.01. The normalized spacial score (nSPS) is 14.4. The van der Waals surface area contributed by atoms with E-state index >= 15 is 0 Å². The predicted molar refractivity (Wildman–Crippen MR) is 104 cm³/mol.